The summed E-state index contributed by atoms with van der Waals surface area (Å²) in [6, 6.07) is 0. The average molecular weight is 256 g/mol. The lowest BCUT2D eigenvalue weighted by Gasteiger charge is -2.12. The van der Waals surface area contributed by atoms with Crippen LogP contribution in [0.15, 0.2) is 0 Å². The first-order chi connectivity index (χ1) is 8.60. The molecule has 1 atom stereocenters. The molecule has 0 aliphatic rings. The van der Waals surface area contributed by atoms with Gasteiger partial charge in [-0.3, -0.25) is 4.79 Å². The van der Waals surface area contributed by atoms with Crippen LogP contribution in [-0.4, -0.2) is 48.3 Å². The summed E-state index contributed by atoms with van der Waals surface area (Å²) in [4.78, 5) is 11.3. The maximum Gasteiger partial charge on any atom is 0.271 e. The van der Waals surface area contributed by atoms with E-state index in [0.29, 0.717) is 31.9 Å². The summed E-state index contributed by atoms with van der Waals surface area (Å²) in [6.45, 7) is 3.78. The van der Waals surface area contributed by atoms with Crippen LogP contribution in [-0.2, 0) is 22.4 Å². The van der Waals surface area contributed by atoms with Crippen LogP contribution in [0.5, 0.6) is 0 Å². The Bertz CT molecular complexity index is 392. The second kappa shape index (κ2) is 7.07. The molecule has 1 aromatic rings. The number of nitrogens with two attached hydrogens (primary N) is 1. The van der Waals surface area contributed by atoms with Crippen molar-refractivity contribution in [1.29, 1.82) is 0 Å². The quantitative estimate of drug-likeness (QED) is 0.698. The van der Waals surface area contributed by atoms with E-state index in [2.05, 4.69) is 10.3 Å². The highest BCUT2D eigenvalue weighted by molar-refractivity contribution is 5.91. The maximum atomic E-state index is 11.3. The van der Waals surface area contributed by atoms with E-state index < -0.39 is 5.91 Å². The summed E-state index contributed by atoms with van der Waals surface area (Å²) in [5, 5.41) is 7.79. The third-order valence-corrected chi connectivity index (χ3v) is 2.55. The van der Waals surface area contributed by atoms with Gasteiger partial charge in [0.25, 0.3) is 5.91 Å². The van der Waals surface area contributed by atoms with Gasteiger partial charge in [-0.2, -0.15) is 0 Å². The third-order valence-electron chi connectivity index (χ3n) is 2.55. The molecule has 7 heteroatoms. The second-order valence-corrected chi connectivity index (χ2v) is 4.23. The molecule has 2 N–H and O–H groups in total. The Balaban J connectivity index is 2.85. The van der Waals surface area contributed by atoms with Crippen molar-refractivity contribution in [1.82, 2.24) is 15.0 Å². The molecule has 0 aromatic carbocycles. The number of primary amides is 1. The highest BCUT2D eigenvalue weighted by Crippen LogP contribution is 2.09. The highest BCUT2D eigenvalue weighted by Gasteiger charge is 2.18. The molecule has 1 amide bonds. The maximum absolute atomic E-state index is 11.3. The summed E-state index contributed by atoms with van der Waals surface area (Å²) in [5.74, 6) is -0.287. The average Bonchev–Trinajstić information content (AvgIpc) is 2.69. The minimum atomic E-state index is -0.563. The topological polar surface area (TPSA) is 92.3 Å². The first kappa shape index (κ1) is 14.6. The molecule has 1 unspecified atom stereocenters. The number of nitrogens with zero attached hydrogens (tertiary/aromatic N) is 3. The van der Waals surface area contributed by atoms with Gasteiger partial charge in [0.15, 0.2) is 5.69 Å². The monoisotopic (exact) mass is 256 g/mol. The zero-order valence-electron chi connectivity index (χ0n) is 11.0. The summed E-state index contributed by atoms with van der Waals surface area (Å²) in [6.07, 6.45) is 0.557. The van der Waals surface area contributed by atoms with Gasteiger partial charge in [0.2, 0.25) is 0 Å². The van der Waals surface area contributed by atoms with E-state index in [1.54, 1.807) is 18.9 Å². The van der Waals surface area contributed by atoms with Crippen molar-refractivity contribution in [3.63, 3.8) is 0 Å². The molecule has 18 heavy (non-hydrogen) atoms. The summed E-state index contributed by atoms with van der Waals surface area (Å²) in [5.41, 5.74) is 6.20. The molecular weight excluding hydrogens is 236 g/mol. The van der Waals surface area contributed by atoms with E-state index in [4.69, 9.17) is 15.2 Å². The number of carbonyl (C=O) groups is 1. The normalized spacial score (nSPS) is 12.6. The molecule has 0 saturated carbocycles. The van der Waals surface area contributed by atoms with Gasteiger partial charge in [-0.05, 0) is 5.92 Å². The van der Waals surface area contributed by atoms with Gasteiger partial charge < -0.3 is 15.2 Å². The van der Waals surface area contributed by atoms with Gasteiger partial charge >= 0.3 is 0 Å². The van der Waals surface area contributed by atoms with E-state index >= 15 is 0 Å². The lowest BCUT2D eigenvalue weighted by Crippen LogP contribution is -2.19. The molecule has 0 fully saturated rings. The molecule has 102 valence electrons. The Labute approximate surface area is 106 Å². The first-order valence-corrected chi connectivity index (χ1v) is 5.80. The van der Waals surface area contributed by atoms with Crippen LogP contribution in [0.3, 0.4) is 0 Å². The SMILES string of the molecule is COCCc1c(C(N)=O)nnn1CC(C)COC. The Morgan fingerprint density at radius 3 is 2.72 bits per heavy atom. The van der Waals surface area contributed by atoms with E-state index in [-0.39, 0.29) is 11.6 Å². The van der Waals surface area contributed by atoms with Gasteiger partial charge in [0, 0.05) is 27.2 Å². The molecular formula is C11H20N4O3. The number of ether oxygens (including phenoxy) is 2. The number of amides is 1. The molecule has 0 bridgehead atoms. The lowest BCUT2D eigenvalue weighted by molar-refractivity contribution is 0.0994. The van der Waals surface area contributed by atoms with E-state index in [1.165, 1.54) is 0 Å². The molecule has 1 rings (SSSR count). The first-order valence-electron chi connectivity index (χ1n) is 5.80. The third kappa shape index (κ3) is 3.78. The minimum absolute atomic E-state index is 0.219. The Kier molecular flexibility index (Phi) is 5.73. The number of hydrogen-bond acceptors (Lipinski definition) is 5. The van der Waals surface area contributed by atoms with Crippen molar-refractivity contribution in [3.05, 3.63) is 11.4 Å². The zero-order chi connectivity index (χ0) is 13.5. The minimum Gasteiger partial charge on any atom is -0.384 e. The van der Waals surface area contributed by atoms with Gasteiger partial charge in [0.05, 0.1) is 18.9 Å². The van der Waals surface area contributed by atoms with Crippen LogP contribution in [0.2, 0.25) is 0 Å². The van der Waals surface area contributed by atoms with Crippen molar-refractivity contribution >= 4 is 5.91 Å². The van der Waals surface area contributed by atoms with Crippen LogP contribution < -0.4 is 5.73 Å². The predicted octanol–water partition coefficient (Wildman–Crippen LogP) is -0.152. The summed E-state index contributed by atoms with van der Waals surface area (Å²) >= 11 is 0. The lowest BCUT2D eigenvalue weighted by atomic mass is 10.2. The Morgan fingerprint density at radius 2 is 2.17 bits per heavy atom. The number of carbonyl (C=O) groups excluding carboxylic acids is 1. The molecule has 0 aliphatic heterocycles. The van der Waals surface area contributed by atoms with Crippen LogP contribution in [0.25, 0.3) is 0 Å². The molecule has 1 heterocycles. The van der Waals surface area contributed by atoms with E-state index in [0.717, 1.165) is 0 Å². The Hall–Kier alpha value is -1.47. The Morgan fingerprint density at radius 1 is 1.44 bits per heavy atom. The van der Waals surface area contributed by atoms with Crippen molar-refractivity contribution in [3.8, 4) is 0 Å². The number of hydrogen-bond donors (Lipinski definition) is 1. The molecule has 0 aliphatic carbocycles. The van der Waals surface area contributed by atoms with Crippen molar-refractivity contribution in [2.24, 2.45) is 11.7 Å². The number of methoxy groups -OCH3 is 2. The van der Waals surface area contributed by atoms with Crippen LogP contribution in [0.1, 0.15) is 23.1 Å². The van der Waals surface area contributed by atoms with Crippen LogP contribution in [0.4, 0.5) is 0 Å². The van der Waals surface area contributed by atoms with Gasteiger partial charge in [-0.15, -0.1) is 5.10 Å². The van der Waals surface area contributed by atoms with E-state index in [1.807, 2.05) is 6.92 Å². The van der Waals surface area contributed by atoms with Gasteiger partial charge in [-0.25, -0.2) is 4.68 Å². The zero-order valence-corrected chi connectivity index (χ0v) is 11.0. The molecule has 7 nitrogen and oxygen atoms in total. The fourth-order valence-electron chi connectivity index (χ4n) is 1.75. The van der Waals surface area contributed by atoms with Gasteiger partial charge in [-0.1, -0.05) is 12.1 Å². The number of aromatic nitrogens is 3. The largest absolute Gasteiger partial charge is 0.384 e. The number of rotatable bonds is 8. The van der Waals surface area contributed by atoms with Crippen LogP contribution >= 0.6 is 0 Å². The fraction of sp³-hybridized carbons (Fsp3) is 0.727. The van der Waals surface area contributed by atoms with Crippen LogP contribution in [0, 0.1) is 5.92 Å². The molecule has 0 saturated heterocycles. The summed E-state index contributed by atoms with van der Waals surface area (Å²) in [7, 11) is 3.25. The highest BCUT2D eigenvalue weighted by atomic mass is 16.5. The van der Waals surface area contributed by atoms with Gasteiger partial charge in [0.1, 0.15) is 0 Å². The standard InChI is InChI=1S/C11H20N4O3/c1-8(7-18-3)6-15-9(4-5-17-2)10(11(12)16)13-14-15/h8H,4-7H2,1-3H3,(H2,12,16). The fourth-order valence-corrected chi connectivity index (χ4v) is 1.75. The predicted molar refractivity (Wildman–Crippen MR) is 65.2 cm³/mol. The van der Waals surface area contributed by atoms with E-state index in [9.17, 15) is 4.79 Å². The molecule has 0 radical (unpaired) electrons. The summed E-state index contributed by atoms with van der Waals surface area (Å²) < 4.78 is 11.8. The molecule has 1 aromatic heterocycles. The van der Waals surface area contributed by atoms with Crippen molar-refractivity contribution in [2.45, 2.75) is 19.9 Å². The smallest absolute Gasteiger partial charge is 0.271 e. The molecule has 0 spiro atoms. The second-order valence-electron chi connectivity index (χ2n) is 4.23. The van der Waals surface area contributed by atoms with Crippen molar-refractivity contribution in [2.75, 3.05) is 27.4 Å². The van der Waals surface area contributed by atoms with Crippen molar-refractivity contribution < 1.29 is 14.3 Å².